The topological polar surface area (TPSA) is 29.9 Å². The number of anilines is 1. The van der Waals surface area contributed by atoms with Gasteiger partial charge in [0.05, 0.1) is 12.7 Å². The first kappa shape index (κ1) is 12.4. The van der Waals surface area contributed by atoms with Gasteiger partial charge < -0.3 is 0 Å². The highest BCUT2D eigenvalue weighted by Gasteiger charge is 2.05. The summed E-state index contributed by atoms with van der Waals surface area (Å²) in [5.74, 6) is 0.776. The van der Waals surface area contributed by atoms with Crippen LogP contribution < -0.4 is 10.3 Å². The Labute approximate surface area is 114 Å². The molecule has 0 saturated carbocycles. The van der Waals surface area contributed by atoms with Gasteiger partial charge in [-0.15, -0.1) is 0 Å². The minimum absolute atomic E-state index is 0.743. The second-order valence-electron chi connectivity index (χ2n) is 3.80. The van der Waals surface area contributed by atoms with E-state index in [0.717, 1.165) is 28.3 Å². The molecule has 0 amide bonds. The molecule has 2 N–H and O–H groups in total. The van der Waals surface area contributed by atoms with Crippen molar-refractivity contribution in [1.29, 1.82) is 0 Å². The summed E-state index contributed by atoms with van der Waals surface area (Å²) in [4.78, 5) is 0. The molecule has 1 aromatic heterocycles. The van der Waals surface area contributed by atoms with Gasteiger partial charge in [0.1, 0.15) is 0 Å². The Morgan fingerprint density at radius 2 is 2.06 bits per heavy atom. The average molecular weight is 313 g/mol. The van der Waals surface area contributed by atoms with Crippen molar-refractivity contribution in [2.24, 2.45) is 0 Å². The third kappa shape index (κ3) is 3.20. The summed E-state index contributed by atoms with van der Waals surface area (Å²) >= 11 is 9.42. The van der Waals surface area contributed by atoms with Crippen molar-refractivity contribution in [3.63, 3.8) is 0 Å². The van der Waals surface area contributed by atoms with Gasteiger partial charge in [-0.2, -0.15) is 0 Å². The Bertz CT molecular complexity index is 529. The molecule has 0 saturated heterocycles. The van der Waals surface area contributed by atoms with Crippen LogP contribution in [0.2, 0.25) is 5.02 Å². The number of nitrogens with two attached hydrogens (primary N) is 1. The summed E-state index contributed by atoms with van der Waals surface area (Å²) in [5.41, 5.74) is 7.10. The second kappa shape index (κ2) is 5.52. The molecule has 2 rings (SSSR count). The van der Waals surface area contributed by atoms with Gasteiger partial charge in [-0.1, -0.05) is 39.7 Å². The van der Waals surface area contributed by atoms with Gasteiger partial charge in [0, 0.05) is 22.0 Å². The number of halogens is 2. The molecule has 17 heavy (non-hydrogen) atoms. The molecule has 0 aliphatic heterocycles. The van der Waals surface area contributed by atoms with E-state index in [1.165, 1.54) is 5.56 Å². The van der Waals surface area contributed by atoms with E-state index in [4.69, 9.17) is 17.3 Å². The first-order valence-corrected chi connectivity index (χ1v) is 6.52. The number of aryl methyl sites for hydroxylation is 2. The van der Waals surface area contributed by atoms with Crippen molar-refractivity contribution in [1.82, 2.24) is 0 Å². The van der Waals surface area contributed by atoms with E-state index < -0.39 is 0 Å². The lowest BCUT2D eigenvalue weighted by atomic mass is 10.1. The van der Waals surface area contributed by atoms with Gasteiger partial charge in [0.25, 0.3) is 5.82 Å². The number of aromatic nitrogens is 1. The molecule has 0 radical (unpaired) electrons. The van der Waals surface area contributed by atoms with E-state index in [2.05, 4.69) is 15.9 Å². The fourth-order valence-electron chi connectivity index (χ4n) is 1.66. The quantitative estimate of drug-likeness (QED) is 0.867. The van der Waals surface area contributed by atoms with E-state index in [1.807, 2.05) is 47.2 Å². The third-order valence-electron chi connectivity index (χ3n) is 2.61. The monoisotopic (exact) mass is 311 g/mol. The van der Waals surface area contributed by atoms with Crippen LogP contribution in [0.5, 0.6) is 0 Å². The second-order valence-corrected chi connectivity index (χ2v) is 5.10. The molecule has 1 aromatic carbocycles. The number of hydrogen-bond acceptors (Lipinski definition) is 1. The largest absolute Gasteiger partial charge is 0.287 e. The molecule has 0 fully saturated rings. The van der Waals surface area contributed by atoms with Gasteiger partial charge >= 0.3 is 0 Å². The van der Waals surface area contributed by atoms with Crippen LogP contribution in [0, 0.1) is 0 Å². The normalized spacial score (nSPS) is 10.5. The highest BCUT2D eigenvalue weighted by Crippen LogP contribution is 2.21. The first-order valence-electron chi connectivity index (χ1n) is 5.34. The van der Waals surface area contributed by atoms with Crippen LogP contribution in [0.1, 0.15) is 5.56 Å². The molecule has 0 aliphatic rings. The SMILES string of the molecule is Nc1cccc[n+]1CCc1ccc(Cl)cc1Br. The van der Waals surface area contributed by atoms with Crippen molar-refractivity contribution in [3.05, 3.63) is 57.7 Å². The molecule has 0 unspecified atom stereocenters. The number of rotatable bonds is 3. The summed E-state index contributed by atoms with van der Waals surface area (Å²) in [6, 6.07) is 11.7. The van der Waals surface area contributed by atoms with E-state index in [1.54, 1.807) is 0 Å². The summed E-state index contributed by atoms with van der Waals surface area (Å²) < 4.78 is 3.07. The van der Waals surface area contributed by atoms with E-state index in [-0.39, 0.29) is 0 Å². The van der Waals surface area contributed by atoms with E-state index in [9.17, 15) is 0 Å². The van der Waals surface area contributed by atoms with E-state index >= 15 is 0 Å². The van der Waals surface area contributed by atoms with Crippen LogP contribution in [0.25, 0.3) is 0 Å². The van der Waals surface area contributed by atoms with Crippen LogP contribution in [-0.4, -0.2) is 0 Å². The first-order chi connectivity index (χ1) is 8.16. The summed E-state index contributed by atoms with van der Waals surface area (Å²) in [7, 11) is 0. The fraction of sp³-hybridized carbons (Fsp3) is 0.154. The van der Waals surface area contributed by atoms with E-state index in [0.29, 0.717) is 0 Å². The summed E-state index contributed by atoms with van der Waals surface area (Å²) in [5, 5.41) is 0.743. The Kier molecular flexibility index (Phi) is 4.02. The van der Waals surface area contributed by atoms with Crippen LogP contribution in [0.4, 0.5) is 5.82 Å². The number of pyridine rings is 1. The number of nitrogen functional groups attached to an aromatic ring is 1. The Hall–Kier alpha value is -1.06. The summed E-state index contributed by atoms with van der Waals surface area (Å²) in [6.45, 7) is 0.854. The molecule has 0 spiro atoms. The summed E-state index contributed by atoms with van der Waals surface area (Å²) in [6.07, 6.45) is 2.90. The lowest BCUT2D eigenvalue weighted by molar-refractivity contribution is -0.682. The Morgan fingerprint density at radius 3 is 2.76 bits per heavy atom. The molecular weight excluding hydrogens is 300 g/mol. The number of hydrogen-bond donors (Lipinski definition) is 1. The van der Waals surface area contributed by atoms with Gasteiger partial charge in [0.15, 0.2) is 0 Å². The predicted molar refractivity (Wildman–Crippen MR) is 73.9 cm³/mol. The average Bonchev–Trinajstić information content (AvgIpc) is 2.30. The van der Waals surface area contributed by atoms with Gasteiger partial charge in [-0.25, -0.2) is 4.57 Å². The maximum atomic E-state index is 5.90. The third-order valence-corrected chi connectivity index (χ3v) is 3.59. The van der Waals surface area contributed by atoms with Crippen molar-refractivity contribution in [2.75, 3.05) is 5.73 Å². The lowest BCUT2D eigenvalue weighted by Gasteiger charge is -2.05. The molecular formula is C13H13BrClN2+. The van der Waals surface area contributed by atoms with Crippen LogP contribution >= 0.6 is 27.5 Å². The molecule has 1 heterocycles. The highest BCUT2D eigenvalue weighted by atomic mass is 79.9. The molecule has 0 bridgehead atoms. The molecule has 88 valence electrons. The molecule has 0 aliphatic carbocycles. The number of nitrogens with zero attached hydrogens (tertiary/aromatic N) is 1. The zero-order chi connectivity index (χ0) is 12.3. The minimum Gasteiger partial charge on any atom is -0.287 e. The van der Waals surface area contributed by atoms with Crippen LogP contribution in [-0.2, 0) is 13.0 Å². The Morgan fingerprint density at radius 1 is 1.24 bits per heavy atom. The van der Waals surface area contributed by atoms with Crippen molar-refractivity contribution >= 4 is 33.3 Å². The zero-order valence-corrected chi connectivity index (χ0v) is 11.6. The maximum absolute atomic E-state index is 5.90. The maximum Gasteiger partial charge on any atom is 0.272 e. The molecule has 0 atom stereocenters. The lowest BCUT2D eigenvalue weighted by Crippen LogP contribution is -2.37. The molecule has 2 aromatic rings. The van der Waals surface area contributed by atoms with Gasteiger partial charge in [0.2, 0.25) is 0 Å². The molecule has 2 nitrogen and oxygen atoms in total. The van der Waals surface area contributed by atoms with Crippen LogP contribution in [0.3, 0.4) is 0 Å². The Balaban J connectivity index is 2.10. The van der Waals surface area contributed by atoms with Crippen LogP contribution in [0.15, 0.2) is 47.1 Å². The minimum atomic E-state index is 0.743. The van der Waals surface area contributed by atoms with Crippen molar-refractivity contribution < 1.29 is 4.57 Å². The standard InChI is InChI=1S/C13H12BrClN2/c14-12-9-11(15)5-4-10(12)6-8-17-7-2-1-3-13(17)16/h1-5,7,9,16H,6,8H2/p+1. The number of benzene rings is 1. The predicted octanol–water partition coefficient (Wildman–Crippen LogP) is 3.21. The molecule has 4 heteroatoms. The fourth-order valence-corrected chi connectivity index (χ4v) is 2.54. The zero-order valence-electron chi connectivity index (χ0n) is 9.24. The van der Waals surface area contributed by atoms with Crippen molar-refractivity contribution in [3.8, 4) is 0 Å². The smallest absolute Gasteiger partial charge is 0.272 e. The van der Waals surface area contributed by atoms with Crippen molar-refractivity contribution in [2.45, 2.75) is 13.0 Å². The van der Waals surface area contributed by atoms with Gasteiger partial charge in [-0.3, -0.25) is 5.73 Å². The highest BCUT2D eigenvalue weighted by molar-refractivity contribution is 9.10. The van der Waals surface area contributed by atoms with Gasteiger partial charge in [-0.05, 0) is 23.8 Å².